The first-order chi connectivity index (χ1) is 12.1. The molecule has 0 saturated carbocycles. The predicted octanol–water partition coefficient (Wildman–Crippen LogP) is 0.557. The molecule has 2 N–H and O–H groups in total. The van der Waals surface area contributed by atoms with Crippen LogP contribution < -0.4 is 5.32 Å². The summed E-state index contributed by atoms with van der Waals surface area (Å²) in [7, 11) is 3.14. The highest BCUT2D eigenvalue weighted by molar-refractivity contribution is 5.97. The number of carbonyl (C=O) groups is 2. The minimum absolute atomic E-state index is 0.0998. The van der Waals surface area contributed by atoms with Gasteiger partial charge in [0.1, 0.15) is 5.60 Å². The van der Waals surface area contributed by atoms with Crippen molar-refractivity contribution in [3.8, 4) is 0 Å². The number of nitrogens with one attached hydrogen (secondary N) is 2. The number of nitrogens with zero attached hydrogens (tertiary/aromatic N) is 2. The Morgan fingerprint density at radius 1 is 1.48 bits per heavy atom. The predicted molar refractivity (Wildman–Crippen MR) is 91.2 cm³/mol. The van der Waals surface area contributed by atoms with Gasteiger partial charge in [-0.15, -0.1) is 0 Å². The summed E-state index contributed by atoms with van der Waals surface area (Å²) in [6.07, 6.45) is 1.74. The molecule has 1 atom stereocenters. The van der Waals surface area contributed by atoms with E-state index in [0.717, 1.165) is 11.0 Å². The van der Waals surface area contributed by atoms with Gasteiger partial charge in [0.05, 0.1) is 43.5 Å². The maximum absolute atomic E-state index is 12.9. The number of aromatic amines is 1. The Hall–Kier alpha value is -2.45. The fraction of sp³-hybridized carbons (Fsp3) is 0.471. The van der Waals surface area contributed by atoms with Crippen molar-refractivity contribution in [1.82, 2.24) is 20.2 Å². The van der Waals surface area contributed by atoms with Crippen molar-refractivity contribution in [2.75, 3.05) is 40.5 Å². The molecule has 134 valence electrons. The summed E-state index contributed by atoms with van der Waals surface area (Å²) in [5, 5.41) is 2.60. The van der Waals surface area contributed by atoms with Gasteiger partial charge in [-0.3, -0.25) is 9.59 Å². The SMILES string of the molecule is CNC(=O)C[C@@]1(COC)CN(C(=O)c2ccc3nc[nH]c3c2)CCO1. The second kappa shape index (κ2) is 7.20. The third kappa shape index (κ3) is 3.64. The van der Waals surface area contributed by atoms with Gasteiger partial charge in [-0.1, -0.05) is 0 Å². The first kappa shape index (κ1) is 17.4. The van der Waals surface area contributed by atoms with Gasteiger partial charge < -0.3 is 24.7 Å². The van der Waals surface area contributed by atoms with Gasteiger partial charge in [0.15, 0.2) is 0 Å². The number of H-pyrrole nitrogens is 1. The number of carbonyl (C=O) groups excluding carboxylic acids is 2. The van der Waals surface area contributed by atoms with Crippen LogP contribution >= 0.6 is 0 Å². The van der Waals surface area contributed by atoms with Gasteiger partial charge in [-0.05, 0) is 18.2 Å². The Bertz CT molecular complexity index is 771. The number of hydrogen-bond donors (Lipinski definition) is 2. The van der Waals surface area contributed by atoms with Crippen LogP contribution in [0.15, 0.2) is 24.5 Å². The number of ether oxygens (including phenoxy) is 2. The number of methoxy groups -OCH3 is 1. The number of aromatic nitrogens is 2. The summed E-state index contributed by atoms with van der Waals surface area (Å²) in [6, 6.07) is 5.36. The maximum Gasteiger partial charge on any atom is 0.254 e. The Balaban J connectivity index is 1.80. The summed E-state index contributed by atoms with van der Waals surface area (Å²) in [5.74, 6) is -0.248. The number of hydrogen-bond acceptors (Lipinski definition) is 5. The summed E-state index contributed by atoms with van der Waals surface area (Å²) >= 11 is 0. The molecular formula is C17H22N4O4. The first-order valence-corrected chi connectivity index (χ1v) is 8.13. The second-order valence-electron chi connectivity index (χ2n) is 6.18. The quantitative estimate of drug-likeness (QED) is 0.824. The summed E-state index contributed by atoms with van der Waals surface area (Å²) in [4.78, 5) is 33.6. The smallest absolute Gasteiger partial charge is 0.254 e. The molecule has 0 spiro atoms. The molecule has 0 aliphatic carbocycles. The molecule has 25 heavy (non-hydrogen) atoms. The molecule has 2 heterocycles. The standard InChI is InChI=1S/C17H22N4O4/c1-18-15(22)8-17(10-24-2)9-21(5-6-25-17)16(23)12-3-4-13-14(7-12)20-11-19-13/h3-4,7,11H,5-6,8-10H2,1-2H3,(H,18,22)(H,19,20)/t17-/m0/s1. The van der Waals surface area contributed by atoms with E-state index < -0.39 is 5.60 Å². The summed E-state index contributed by atoms with van der Waals surface area (Å²) < 4.78 is 11.1. The lowest BCUT2D eigenvalue weighted by atomic mass is 9.96. The number of rotatable bonds is 5. The van der Waals surface area contributed by atoms with Gasteiger partial charge in [0.2, 0.25) is 5.91 Å². The molecule has 0 unspecified atom stereocenters. The number of imidazole rings is 1. The van der Waals surface area contributed by atoms with Crippen LogP contribution in [-0.4, -0.2) is 72.7 Å². The van der Waals surface area contributed by atoms with Crippen molar-refractivity contribution in [2.24, 2.45) is 0 Å². The van der Waals surface area contributed by atoms with Crippen LogP contribution in [0.2, 0.25) is 0 Å². The zero-order chi connectivity index (χ0) is 17.9. The van der Waals surface area contributed by atoms with E-state index in [9.17, 15) is 9.59 Å². The highest BCUT2D eigenvalue weighted by Gasteiger charge is 2.40. The van der Waals surface area contributed by atoms with E-state index in [0.29, 0.717) is 25.3 Å². The lowest BCUT2D eigenvalue weighted by Gasteiger charge is -2.42. The zero-order valence-corrected chi connectivity index (χ0v) is 14.4. The molecule has 1 aliphatic rings. The molecule has 1 aliphatic heterocycles. The topological polar surface area (TPSA) is 96.5 Å². The first-order valence-electron chi connectivity index (χ1n) is 8.13. The van der Waals surface area contributed by atoms with Crippen LogP contribution in [0.5, 0.6) is 0 Å². The van der Waals surface area contributed by atoms with E-state index in [1.165, 1.54) is 0 Å². The average molecular weight is 346 g/mol. The molecule has 1 saturated heterocycles. The molecule has 1 fully saturated rings. The Morgan fingerprint density at radius 3 is 3.08 bits per heavy atom. The summed E-state index contributed by atoms with van der Waals surface area (Å²) in [6.45, 7) is 1.37. The Kier molecular flexibility index (Phi) is 5.00. The van der Waals surface area contributed by atoms with Crippen LogP contribution in [0.1, 0.15) is 16.8 Å². The van der Waals surface area contributed by atoms with Crippen molar-refractivity contribution >= 4 is 22.8 Å². The van der Waals surface area contributed by atoms with Crippen LogP contribution in [0.3, 0.4) is 0 Å². The van der Waals surface area contributed by atoms with E-state index in [1.807, 2.05) is 6.07 Å². The normalized spacial score (nSPS) is 20.6. The average Bonchev–Trinajstić information content (AvgIpc) is 3.09. The maximum atomic E-state index is 12.9. The Labute approximate surface area is 145 Å². The number of benzene rings is 1. The molecule has 8 heteroatoms. The second-order valence-corrected chi connectivity index (χ2v) is 6.18. The largest absolute Gasteiger partial charge is 0.382 e. The van der Waals surface area contributed by atoms with Crippen molar-refractivity contribution in [3.05, 3.63) is 30.1 Å². The van der Waals surface area contributed by atoms with E-state index in [2.05, 4.69) is 15.3 Å². The van der Waals surface area contributed by atoms with Gasteiger partial charge in [0, 0.05) is 26.3 Å². The molecule has 0 bridgehead atoms. The van der Waals surface area contributed by atoms with E-state index in [4.69, 9.17) is 9.47 Å². The van der Waals surface area contributed by atoms with Crippen molar-refractivity contribution < 1.29 is 19.1 Å². The van der Waals surface area contributed by atoms with Gasteiger partial charge in [-0.25, -0.2) is 4.98 Å². The zero-order valence-electron chi connectivity index (χ0n) is 14.4. The molecule has 1 aromatic heterocycles. The minimum atomic E-state index is -0.832. The van der Waals surface area contributed by atoms with E-state index in [-0.39, 0.29) is 24.8 Å². The van der Waals surface area contributed by atoms with Crippen LogP contribution in [0.4, 0.5) is 0 Å². The molecule has 8 nitrogen and oxygen atoms in total. The van der Waals surface area contributed by atoms with Crippen LogP contribution in [0, 0.1) is 0 Å². The van der Waals surface area contributed by atoms with Crippen molar-refractivity contribution in [3.63, 3.8) is 0 Å². The lowest BCUT2D eigenvalue weighted by Crippen LogP contribution is -2.57. The molecule has 2 amide bonds. The molecule has 2 aromatic rings. The monoisotopic (exact) mass is 346 g/mol. The van der Waals surface area contributed by atoms with E-state index in [1.54, 1.807) is 37.5 Å². The van der Waals surface area contributed by atoms with Gasteiger partial charge >= 0.3 is 0 Å². The minimum Gasteiger partial charge on any atom is -0.382 e. The molecule has 0 radical (unpaired) electrons. The number of fused-ring (bicyclic) bond motifs is 1. The van der Waals surface area contributed by atoms with Crippen molar-refractivity contribution in [1.29, 1.82) is 0 Å². The lowest BCUT2D eigenvalue weighted by molar-refractivity contribution is -0.150. The van der Waals surface area contributed by atoms with Crippen LogP contribution in [-0.2, 0) is 14.3 Å². The molecular weight excluding hydrogens is 324 g/mol. The van der Waals surface area contributed by atoms with Gasteiger partial charge in [0.25, 0.3) is 5.91 Å². The number of amides is 2. The Morgan fingerprint density at radius 2 is 2.32 bits per heavy atom. The van der Waals surface area contributed by atoms with Crippen LogP contribution in [0.25, 0.3) is 11.0 Å². The van der Waals surface area contributed by atoms with Gasteiger partial charge in [-0.2, -0.15) is 0 Å². The summed E-state index contributed by atoms with van der Waals surface area (Å²) in [5.41, 5.74) is 1.37. The fourth-order valence-electron chi connectivity index (χ4n) is 3.16. The highest BCUT2D eigenvalue weighted by atomic mass is 16.5. The third-order valence-corrected chi connectivity index (χ3v) is 4.37. The van der Waals surface area contributed by atoms with E-state index >= 15 is 0 Å². The number of morpholine rings is 1. The fourth-order valence-corrected chi connectivity index (χ4v) is 3.16. The third-order valence-electron chi connectivity index (χ3n) is 4.37. The highest BCUT2D eigenvalue weighted by Crippen LogP contribution is 2.24. The van der Waals surface area contributed by atoms with Crippen molar-refractivity contribution in [2.45, 2.75) is 12.0 Å². The molecule has 3 rings (SSSR count). The molecule has 1 aromatic carbocycles.